The molecule has 0 spiro atoms. The summed E-state index contributed by atoms with van der Waals surface area (Å²) >= 11 is 3.43. The van der Waals surface area contributed by atoms with Crippen LogP contribution in [0.25, 0.3) is 0 Å². The lowest BCUT2D eigenvalue weighted by Gasteiger charge is -2.35. The quantitative estimate of drug-likeness (QED) is 0.786. The second kappa shape index (κ2) is 9.65. The molecule has 126 valence electrons. The van der Waals surface area contributed by atoms with Gasteiger partial charge in [0.1, 0.15) is 5.75 Å². The average molecular weight is 400 g/mol. The number of halogens is 4. The molecule has 1 fully saturated rings. The fourth-order valence-electron chi connectivity index (χ4n) is 2.70. The second-order valence-corrected chi connectivity index (χ2v) is 5.96. The van der Waals surface area contributed by atoms with Gasteiger partial charge < -0.3 is 10.1 Å². The van der Waals surface area contributed by atoms with E-state index in [1.165, 1.54) is 0 Å². The molecule has 0 aromatic heterocycles. The van der Waals surface area contributed by atoms with Crippen LogP contribution in [0.1, 0.15) is 24.9 Å². The molecule has 0 aliphatic carbocycles. The third-order valence-electron chi connectivity index (χ3n) is 3.62. The molecule has 1 atom stereocenters. The summed E-state index contributed by atoms with van der Waals surface area (Å²) in [5.41, 5.74) is 0.841. The largest absolute Gasteiger partial charge is 0.494 e. The van der Waals surface area contributed by atoms with Crippen molar-refractivity contribution < 1.29 is 13.5 Å². The normalized spacial score (nSPS) is 17.1. The SMILES string of the molecule is CCOc1ccc(Br)cc1[C@@H](CC(F)F)N1CCNCC1.Cl. The van der Waals surface area contributed by atoms with Gasteiger partial charge in [0.15, 0.2) is 0 Å². The van der Waals surface area contributed by atoms with Crippen LogP contribution >= 0.6 is 28.3 Å². The van der Waals surface area contributed by atoms with Crippen LogP contribution in [-0.4, -0.2) is 44.1 Å². The monoisotopic (exact) mass is 398 g/mol. The predicted molar refractivity (Wildman–Crippen MR) is 90.4 cm³/mol. The fourth-order valence-corrected chi connectivity index (χ4v) is 3.08. The molecule has 0 unspecified atom stereocenters. The first-order valence-corrected chi connectivity index (χ1v) is 8.06. The van der Waals surface area contributed by atoms with Gasteiger partial charge in [-0.25, -0.2) is 8.78 Å². The number of piperazine rings is 1. The molecule has 1 aliphatic heterocycles. The molecule has 1 heterocycles. The van der Waals surface area contributed by atoms with E-state index < -0.39 is 6.43 Å². The van der Waals surface area contributed by atoms with E-state index in [0.717, 1.165) is 36.2 Å². The summed E-state index contributed by atoms with van der Waals surface area (Å²) in [7, 11) is 0. The molecule has 1 N–H and O–H groups in total. The first-order valence-electron chi connectivity index (χ1n) is 7.27. The van der Waals surface area contributed by atoms with Crippen molar-refractivity contribution >= 4 is 28.3 Å². The Morgan fingerprint density at radius 3 is 2.59 bits per heavy atom. The Hall–Kier alpha value is -0.430. The zero-order valence-electron chi connectivity index (χ0n) is 12.5. The van der Waals surface area contributed by atoms with Gasteiger partial charge in [-0.2, -0.15) is 0 Å². The molecular formula is C15H22BrClF2N2O. The van der Waals surface area contributed by atoms with Gasteiger partial charge >= 0.3 is 0 Å². The minimum absolute atomic E-state index is 0. The van der Waals surface area contributed by atoms with Crippen molar-refractivity contribution in [1.82, 2.24) is 10.2 Å². The number of hydrogen-bond donors (Lipinski definition) is 1. The van der Waals surface area contributed by atoms with E-state index in [0.29, 0.717) is 12.4 Å². The highest BCUT2D eigenvalue weighted by atomic mass is 79.9. The van der Waals surface area contributed by atoms with Gasteiger partial charge in [0, 0.05) is 48.7 Å². The third-order valence-corrected chi connectivity index (χ3v) is 4.12. The number of hydrogen-bond acceptors (Lipinski definition) is 3. The third kappa shape index (κ3) is 5.33. The molecule has 7 heteroatoms. The number of ether oxygens (including phenoxy) is 1. The lowest BCUT2D eigenvalue weighted by atomic mass is 10.00. The van der Waals surface area contributed by atoms with Crippen molar-refractivity contribution in [2.75, 3.05) is 32.8 Å². The van der Waals surface area contributed by atoms with Crippen molar-refractivity contribution in [2.45, 2.75) is 25.8 Å². The molecule has 1 aromatic carbocycles. The molecule has 0 amide bonds. The topological polar surface area (TPSA) is 24.5 Å². The Labute approximate surface area is 144 Å². The summed E-state index contributed by atoms with van der Waals surface area (Å²) < 4.78 is 32.6. The maximum atomic E-state index is 13.0. The van der Waals surface area contributed by atoms with Crippen molar-refractivity contribution in [3.05, 3.63) is 28.2 Å². The van der Waals surface area contributed by atoms with Gasteiger partial charge in [0.2, 0.25) is 6.43 Å². The average Bonchev–Trinajstić information content (AvgIpc) is 2.48. The van der Waals surface area contributed by atoms with Crippen molar-refractivity contribution in [3.63, 3.8) is 0 Å². The van der Waals surface area contributed by atoms with E-state index in [4.69, 9.17) is 4.74 Å². The summed E-state index contributed by atoms with van der Waals surface area (Å²) in [6.07, 6.45) is -2.50. The van der Waals surface area contributed by atoms with Gasteiger partial charge in [0.25, 0.3) is 0 Å². The molecule has 1 aliphatic rings. The summed E-state index contributed by atoms with van der Waals surface area (Å²) in [4.78, 5) is 2.12. The Morgan fingerprint density at radius 1 is 1.32 bits per heavy atom. The van der Waals surface area contributed by atoms with Crippen molar-refractivity contribution in [1.29, 1.82) is 0 Å². The minimum atomic E-state index is -2.33. The lowest BCUT2D eigenvalue weighted by Crippen LogP contribution is -2.45. The van der Waals surface area contributed by atoms with E-state index in [1.807, 2.05) is 25.1 Å². The van der Waals surface area contributed by atoms with Crippen LogP contribution in [0, 0.1) is 0 Å². The standard InChI is InChI=1S/C15H21BrF2N2O.ClH/c1-2-21-14-4-3-11(16)9-12(14)13(10-15(17)18)20-7-5-19-6-8-20;/h3-4,9,13,15,19H,2,5-8,10H2,1H3;1H/t13-;/m1./s1. The molecular weight excluding hydrogens is 378 g/mol. The lowest BCUT2D eigenvalue weighted by molar-refractivity contribution is 0.0726. The van der Waals surface area contributed by atoms with Gasteiger partial charge in [-0.1, -0.05) is 15.9 Å². The van der Waals surface area contributed by atoms with Crippen LogP contribution in [0.5, 0.6) is 5.75 Å². The highest BCUT2D eigenvalue weighted by Crippen LogP contribution is 2.35. The van der Waals surface area contributed by atoms with E-state index in [-0.39, 0.29) is 24.9 Å². The van der Waals surface area contributed by atoms with Crippen LogP contribution < -0.4 is 10.1 Å². The summed E-state index contributed by atoms with van der Waals surface area (Å²) in [6, 6.07) is 5.32. The van der Waals surface area contributed by atoms with Crippen molar-refractivity contribution in [2.24, 2.45) is 0 Å². The first-order chi connectivity index (χ1) is 10.1. The molecule has 1 aromatic rings. The molecule has 3 nitrogen and oxygen atoms in total. The van der Waals surface area contributed by atoms with Crippen LogP contribution in [0.4, 0.5) is 8.78 Å². The number of benzene rings is 1. The van der Waals surface area contributed by atoms with Gasteiger partial charge in [-0.15, -0.1) is 12.4 Å². The van der Waals surface area contributed by atoms with E-state index in [2.05, 4.69) is 26.1 Å². The Kier molecular flexibility index (Phi) is 8.61. The number of nitrogens with one attached hydrogen (secondary N) is 1. The Bertz CT molecular complexity index is 459. The summed E-state index contributed by atoms with van der Waals surface area (Å²) in [6.45, 7) is 5.64. The number of rotatable bonds is 6. The van der Waals surface area contributed by atoms with Gasteiger partial charge in [-0.05, 0) is 25.1 Å². The minimum Gasteiger partial charge on any atom is -0.494 e. The van der Waals surface area contributed by atoms with Crippen molar-refractivity contribution in [3.8, 4) is 5.75 Å². The smallest absolute Gasteiger partial charge is 0.240 e. The summed E-state index contributed by atoms with van der Waals surface area (Å²) in [5, 5.41) is 3.26. The van der Waals surface area contributed by atoms with E-state index in [9.17, 15) is 8.78 Å². The van der Waals surface area contributed by atoms with Gasteiger partial charge in [0.05, 0.1) is 6.61 Å². The fraction of sp³-hybridized carbons (Fsp3) is 0.600. The maximum absolute atomic E-state index is 13.0. The van der Waals surface area contributed by atoms with Crippen LogP contribution in [0.15, 0.2) is 22.7 Å². The summed E-state index contributed by atoms with van der Waals surface area (Å²) in [5.74, 6) is 0.699. The Balaban J connectivity index is 0.00000242. The molecule has 1 saturated heterocycles. The van der Waals surface area contributed by atoms with Crippen LogP contribution in [0.2, 0.25) is 0 Å². The highest BCUT2D eigenvalue weighted by Gasteiger charge is 2.28. The molecule has 0 saturated carbocycles. The van der Waals surface area contributed by atoms with Crippen LogP contribution in [0.3, 0.4) is 0 Å². The number of nitrogens with zero attached hydrogens (tertiary/aromatic N) is 1. The first kappa shape index (κ1) is 19.6. The molecule has 0 radical (unpaired) electrons. The zero-order chi connectivity index (χ0) is 15.2. The highest BCUT2D eigenvalue weighted by molar-refractivity contribution is 9.10. The zero-order valence-corrected chi connectivity index (χ0v) is 14.9. The molecule has 22 heavy (non-hydrogen) atoms. The van der Waals surface area contributed by atoms with E-state index >= 15 is 0 Å². The predicted octanol–water partition coefficient (Wildman–Crippen LogP) is 3.87. The number of alkyl halides is 2. The van der Waals surface area contributed by atoms with Gasteiger partial charge in [-0.3, -0.25) is 4.90 Å². The van der Waals surface area contributed by atoms with Crippen LogP contribution in [-0.2, 0) is 0 Å². The second-order valence-electron chi connectivity index (χ2n) is 5.04. The molecule has 0 bridgehead atoms. The molecule has 2 rings (SSSR count). The maximum Gasteiger partial charge on any atom is 0.240 e. The Morgan fingerprint density at radius 2 is 2.00 bits per heavy atom. The van der Waals surface area contributed by atoms with E-state index in [1.54, 1.807) is 0 Å².